The topological polar surface area (TPSA) is 25.8 Å². The zero-order chi connectivity index (χ0) is 47.8. The maximum atomic E-state index is 17.7. The number of aryl methyl sites for hydroxylation is 2. The fourth-order valence-corrected chi connectivity index (χ4v) is 13.9. The van der Waals surface area contributed by atoms with Gasteiger partial charge in [-0.1, -0.05) is 143 Å². The molecule has 0 N–H and O–H groups in total. The predicted molar refractivity (Wildman–Crippen MR) is 287 cm³/mol. The molecule has 4 nitrogen and oxygen atoms in total. The van der Waals surface area contributed by atoms with Crippen LogP contribution in [0.3, 0.4) is 0 Å². The third kappa shape index (κ3) is 6.05. The Hall–Kier alpha value is -7.67. The van der Waals surface area contributed by atoms with E-state index in [1.54, 1.807) is 0 Å². The van der Waals surface area contributed by atoms with Crippen molar-refractivity contribution in [3.05, 3.63) is 216 Å². The van der Waals surface area contributed by atoms with E-state index in [2.05, 4.69) is 207 Å². The number of nitrogens with zero attached hydrogens (tertiary/aromatic N) is 3. The Bertz CT molecular complexity index is 3930. The summed E-state index contributed by atoms with van der Waals surface area (Å²) in [4.78, 5) is 0. The minimum Gasteiger partial charge on any atom is -0.455 e. The van der Waals surface area contributed by atoms with E-state index in [9.17, 15) is 0 Å². The highest BCUT2D eigenvalue weighted by Crippen LogP contribution is 2.54. The summed E-state index contributed by atoms with van der Waals surface area (Å²) in [6.45, 7) is 16.5. The lowest BCUT2D eigenvalue weighted by Gasteiger charge is -2.24. The van der Waals surface area contributed by atoms with Crippen molar-refractivity contribution >= 4 is 46.2 Å². The molecule has 0 fully saturated rings. The van der Waals surface area contributed by atoms with Crippen LogP contribution in [0.2, 0.25) is 19.6 Å². The van der Waals surface area contributed by atoms with E-state index in [1.807, 2.05) is 36.4 Å². The maximum Gasteiger partial charge on any atom is 0.365 e. The molecule has 13 rings (SSSR count). The molecule has 1 atom stereocenters. The molecule has 2 aliphatic rings. The molecule has 0 radical (unpaired) electrons. The first-order valence-corrected chi connectivity index (χ1v) is 28.2. The van der Waals surface area contributed by atoms with Crippen molar-refractivity contribution in [2.45, 2.75) is 59.4 Å². The number of furan rings is 1. The Balaban J connectivity index is 1.22. The molecule has 2 aliphatic heterocycles. The molecule has 0 saturated carbocycles. The van der Waals surface area contributed by atoms with Crippen molar-refractivity contribution in [3.63, 3.8) is 0 Å². The van der Waals surface area contributed by atoms with Crippen LogP contribution in [0.5, 0.6) is 0 Å². The molecular formula is C64H54FN3OSi+2. The van der Waals surface area contributed by atoms with Crippen LogP contribution in [-0.4, -0.2) is 12.6 Å². The smallest absolute Gasteiger partial charge is 0.365 e. The lowest BCUT2D eigenvalue weighted by atomic mass is 9.87. The minimum absolute atomic E-state index is 0.244. The van der Waals surface area contributed by atoms with Gasteiger partial charge in [0.1, 0.15) is 22.7 Å². The second-order valence-electron chi connectivity index (χ2n) is 21.1. The van der Waals surface area contributed by atoms with E-state index in [1.165, 1.54) is 21.9 Å². The first-order valence-electron chi connectivity index (χ1n) is 24.7. The SMILES string of the molecule is Cc1cc(-c2ccccc2)cc(C)c1-n1c2[n+](c3ccccc31)C1(c3cc(F)c(-c4ccccc4)cc3-c3cc(CC(C)C)c([Si](C)(C)C)c[n+]31)c1ccc3c(oc4ccc(-c5ccccc5)cc43)c1-2. The molecular weight excluding hydrogens is 874 g/mol. The molecule has 6 heteroatoms. The highest BCUT2D eigenvalue weighted by molar-refractivity contribution is 6.89. The average Bonchev–Trinajstić information content (AvgIpc) is 4.07. The van der Waals surface area contributed by atoms with E-state index in [-0.39, 0.29) is 5.82 Å². The zero-order valence-corrected chi connectivity index (χ0v) is 41.7. The van der Waals surface area contributed by atoms with Gasteiger partial charge in [-0.2, -0.15) is 4.57 Å². The van der Waals surface area contributed by atoms with Crippen LogP contribution >= 0.6 is 0 Å². The second-order valence-corrected chi connectivity index (χ2v) is 26.1. The Morgan fingerprint density at radius 3 is 1.93 bits per heavy atom. The fourth-order valence-electron chi connectivity index (χ4n) is 12.2. The summed E-state index contributed by atoms with van der Waals surface area (Å²) in [5, 5.41) is 3.53. The largest absolute Gasteiger partial charge is 0.455 e. The predicted octanol–water partition coefficient (Wildman–Crippen LogP) is 14.9. The van der Waals surface area contributed by atoms with Crippen molar-refractivity contribution in [1.82, 2.24) is 4.57 Å². The molecule has 1 spiro atoms. The third-order valence-corrected chi connectivity index (χ3v) is 17.1. The van der Waals surface area contributed by atoms with Crippen LogP contribution in [0.25, 0.3) is 94.7 Å². The number of hydrogen-bond acceptors (Lipinski definition) is 1. The zero-order valence-electron chi connectivity index (χ0n) is 40.7. The van der Waals surface area contributed by atoms with Gasteiger partial charge < -0.3 is 4.42 Å². The summed E-state index contributed by atoms with van der Waals surface area (Å²) in [6, 6.07) is 62.3. The quantitative estimate of drug-likeness (QED) is 0.116. The van der Waals surface area contributed by atoms with E-state index in [4.69, 9.17) is 4.42 Å². The number of benzene rings is 8. The van der Waals surface area contributed by atoms with E-state index < -0.39 is 13.7 Å². The molecule has 0 aliphatic carbocycles. The van der Waals surface area contributed by atoms with Gasteiger partial charge in [-0.25, -0.2) is 4.39 Å². The van der Waals surface area contributed by atoms with Crippen LogP contribution in [0, 0.1) is 25.6 Å². The standard InChI is InChI=1S/C64H54FN3OSi/c1-39(2)31-47-35-57-51-36-49(44-23-15-10-16-24-44)54(65)37-53(51)64(66(57)38-59(47)70(5,6)7)52-29-28-48-50-34-45(42-19-11-8-12-20-42)27-30-58(50)69-62(48)60(52)63-67(55-25-17-18-26-56(55)68(63)64)61-40(3)32-46(33-41(61)4)43-21-13-9-14-22-43/h8-30,32-39H,31H2,1-7H3/q+2. The van der Waals surface area contributed by atoms with Gasteiger partial charge in [0.25, 0.3) is 0 Å². The molecule has 11 aromatic rings. The maximum absolute atomic E-state index is 17.7. The fraction of sp³-hybridized carbons (Fsp3) is 0.156. The van der Waals surface area contributed by atoms with Crippen LogP contribution in [0.1, 0.15) is 41.7 Å². The number of aromatic nitrogens is 3. The van der Waals surface area contributed by atoms with Gasteiger partial charge in [-0.05, 0) is 131 Å². The number of rotatable bonds is 7. The first-order chi connectivity index (χ1) is 33.9. The molecule has 8 aromatic carbocycles. The summed E-state index contributed by atoms with van der Waals surface area (Å²) in [6.07, 6.45) is 3.44. The Morgan fingerprint density at radius 1 is 0.614 bits per heavy atom. The Morgan fingerprint density at radius 2 is 1.26 bits per heavy atom. The summed E-state index contributed by atoms with van der Waals surface area (Å²) in [5.41, 5.74) is 18.8. The van der Waals surface area contributed by atoms with Crippen LogP contribution in [-0.2, 0) is 12.1 Å². The average molecular weight is 928 g/mol. The van der Waals surface area contributed by atoms with Crippen LogP contribution < -0.4 is 14.3 Å². The van der Waals surface area contributed by atoms with Crippen LogP contribution in [0.15, 0.2) is 187 Å². The van der Waals surface area contributed by atoms with E-state index in [0.29, 0.717) is 11.5 Å². The number of para-hydroxylation sites is 2. The third-order valence-electron chi connectivity index (χ3n) is 15.1. The van der Waals surface area contributed by atoms with Gasteiger partial charge in [0, 0.05) is 27.6 Å². The van der Waals surface area contributed by atoms with Gasteiger partial charge in [0.2, 0.25) is 5.69 Å². The molecule has 0 amide bonds. The van der Waals surface area contributed by atoms with Crippen molar-refractivity contribution in [2.75, 3.05) is 0 Å². The van der Waals surface area contributed by atoms with E-state index >= 15 is 4.39 Å². The van der Waals surface area contributed by atoms with Gasteiger partial charge >= 0.3 is 11.5 Å². The molecule has 70 heavy (non-hydrogen) atoms. The molecule has 3 aromatic heterocycles. The Labute approximate surface area is 409 Å². The summed E-state index contributed by atoms with van der Waals surface area (Å²) in [5.74, 6) is 1.21. The second kappa shape index (κ2) is 15.4. The molecule has 5 heterocycles. The number of halogens is 1. The normalized spacial score (nSPS) is 14.8. The lowest BCUT2D eigenvalue weighted by molar-refractivity contribution is -0.944. The molecule has 0 bridgehead atoms. The summed E-state index contributed by atoms with van der Waals surface area (Å²) >= 11 is 0. The first kappa shape index (κ1) is 42.4. The lowest BCUT2D eigenvalue weighted by Crippen LogP contribution is -2.72. The minimum atomic E-state index is -1.99. The Kier molecular flexibility index (Phi) is 9.34. The van der Waals surface area contributed by atoms with Gasteiger partial charge in [-0.3, -0.25) is 0 Å². The monoisotopic (exact) mass is 927 g/mol. The number of fused-ring (bicyclic) bond motifs is 16. The van der Waals surface area contributed by atoms with Crippen molar-refractivity contribution < 1.29 is 17.9 Å². The summed E-state index contributed by atoms with van der Waals surface area (Å²) < 4.78 is 32.5. The highest BCUT2D eigenvalue weighted by atomic mass is 28.3. The summed E-state index contributed by atoms with van der Waals surface area (Å²) in [7, 11) is -1.99. The van der Waals surface area contributed by atoms with Gasteiger partial charge in [-0.15, -0.1) is 9.13 Å². The number of hydrogen-bond donors (Lipinski definition) is 0. The highest BCUT2D eigenvalue weighted by Gasteiger charge is 2.67. The van der Waals surface area contributed by atoms with Crippen molar-refractivity contribution in [2.24, 2.45) is 5.92 Å². The van der Waals surface area contributed by atoms with Gasteiger partial charge in [0.15, 0.2) is 22.8 Å². The number of pyridine rings is 1. The molecule has 0 saturated heterocycles. The van der Waals surface area contributed by atoms with Crippen LogP contribution in [0.4, 0.5) is 4.39 Å². The number of imidazole rings is 1. The van der Waals surface area contributed by atoms with Crippen molar-refractivity contribution in [1.29, 1.82) is 0 Å². The molecule has 1 unspecified atom stereocenters. The van der Waals surface area contributed by atoms with E-state index in [0.717, 1.165) is 107 Å². The molecule has 340 valence electrons. The van der Waals surface area contributed by atoms with Gasteiger partial charge in [0.05, 0.1) is 24.8 Å². The van der Waals surface area contributed by atoms with Crippen molar-refractivity contribution in [3.8, 4) is 61.7 Å².